The van der Waals surface area contributed by atoms with E-state index in [9.17, 15) is 0 Å². The summed E-state index contributed by atoms with van der Waals surface area (Å²) in [6.07, 6.45) is 0. The smallest absolute Gasteiger partial charge is 0.0702 e. The zero-order chi connectivity index (χ0) is 17.4. The summed E-state index contributed by atoms with van der Waals surface area (Å²) in [5, 5.41) is 0. The molecule has 0 fully saturated rings. The van der Waals surface area contributed by atoms with Gasteiger partial charge < -0.3 is 0 Å². The summed E-state index contributed by atoms with van der Waals surface area (Å²) in [6.45, 7) is 15.0. The average molecular weight is 309 g/mol. The molecule has 0 heterocycles. The van der Waals surface area contributed by atoms with E-state index in [2.05, 4.69) is 77.1 Å². The van der Waals surface area contributed by atoms with Crippen LogP contribution in [0.1, 0.15) is 77.0 Å². The minimum absolute atomic E-state index is 0.478. The van der Waals surface area contributed by atoms with Gasteiger partial charge in [-0.2, -0.15) is 0 Å². The molecule has 1 heteroatoms. The van der Waals surface area contributed by atoms with Gasteiger partial charge in [0, 0.05) is 5.71 Å². The van der Waals surface area contributed by atoms with Crippen LogP contribution < -0.4 is 0 Å². The van der Waals surface area contributed by atoms with E-state index in [1.807, 2.05) is 19.9 Å². The van der Waals surface area contributed by atoms with E-state index in [1.54, 1.807) is 0 Å². The summed E-state index contributed by atoms with van der Waals surface area (Å²) < 4.78 is 0. The van der Waals surface area contributed by atoms with E-state index < -0.39 is 0 Å². The van der Waals surface area contributed by atoms with Crippen LogP contribution in [0.2, 0.25) is 0 Å². The number of hydrogen-bond donors (Lipinski definition) is 0. The highest BCUT2D eigenvalue weighted by atomic mass is 14.8. The van der Waals surface area contributed by atoms with Crippen LogP contribution in [0.4, 0.5) is 5.69 Å². The van der Waals surface area contributed by atoms with Gasteiger partial charge in [-0.1, -0.05) is 90.1 Å². The van der Waals surface area contributed by atoms with Gasteiger partial charge in [-0.25, -0.2) is 0 Å². The average Bonchev–Trinajstić information content (AvgIpc) is 2.57. The Balaban J connectivity index is 0.00000127. The topological polar surface area (TPSA) is 12.4 Å². The van der Waals surface area contributed by atoms with E-state index >= 15 is 0 Å². The third-order valence-electron chi connectivity index (χ3n) is 3.81. The Morgan fingerprint density at radius 3 is 1.65 bits per heavy atom. The Morgan fingerprint density at radius 2 is 1.22 bits per heavy atom. The number of aliphatic imine (C=N–C) groups is 1. The second-order valence-electron chi connectivity index (χ2n) is 6.16. The second kappa shape index (κ2) is 9.29. The maximum absolute atomic E-state index is 4.99. The largest absolute Gasteiger partial charge is 0.253 e. The highest BCUT2D eigenvalue weighted by molar-refractivity contribution is 6.00. The van der Waals surface area contributed by atoms with Gasteiger partial charge in [0.2, 0.25) is 0 Å². The minimum Gasteiger partial charge on any atom is -0.253 e. The summed E-state index contributed by atoms with van der Waals surface area (Å²) in [5.74, 6) is 0.956. The number of rotatable bonds is 4. The molecule has 0 radical (unpaired) electrons. The van der Waals surface area contributed by atoms with Crippen molar-refractivity contribution in [2.24, 2.45) is 4.99 Å². The van der Waals surface area contributed by atoms with Gasteiger partial charge in [0.1, 0.15) is 0 Å². The molecule has 0 aromatic heterocycles. The highest BCUT2D eigenvalue weighted by Crippen LogP contribution is 2.35. The van der Waals surface area contributed by atoms with E-state index in [0.717, 1.165) is 11.4 Å². The Bertz CT molecular complexity index is 595. The molecule has 124 valence electrons. The third kappa shape index (κ3) is 5.06. The van der Waals surface area contributed by atoms with Crippen LogP contribution in [0.5, 0.6) is 0 Å². The van der Waals surface area contributed by atoms with Gasteiger partial charge >= 0.3 is 0 Å². The molecule has 0 spiro atoms. The zero-order valence-electron chi connectivity index (χ0n) is 15.7. The molecular formula is C22H31N. The third-order valence-corrected chi connectivity index (χ3v) is 3.81. The lowest BCUT2D eigenvalue weighted by Gasteiger charge is -2.17. The first-order chi connectivity index (χ1) is 11.0. The maximum Gasteiger partial charge on any atom is 0.0702 e. The molecule has 2 rings (SSSR count). The lowest BCUT2D eigenvalue weighted by Crippen LogP contribution is -1.99. The summed E-state index contributed by atoms with van der Waals surface area (Å²) in [6, 6.07) is 17.0. The molecule has 1 nitrogen and oxygen atoms in total. The summed E-state index contributed by atoms with van der Waals surface area (Å²) in [7, 11) is 0. The fourth-order valence-corrected chi connectivity index (χ4v) is 2.55. The first-order valence-electron chi connectivity index (χ1n) is 8.74. The van der Waals surface area contributed by atoms with Crippen molar-refractivity contribution in [1.82, 2.24) is 0 Å². The molecule has 0 bridgehead atoms. The van der Waals surface area contributed by atoms with E-state index in [1.165, 1.54) is 16.7 Å². The van der Waals surface area contributed by atoms with Crippen molar-refractivity contribution in [3.05, 3.63) is 65.2 Å². The highest BCUT2D eigenvalue weighted by Gasteiger charge is 2.13. The van der Waals surface area contributed by atoms with Gasteiger partial charge in [0.25, 0.3) is 0 Å². The summed E-state index contributed by atoms with van der Waals surface area (Å²) in [5.41, 5.74) is 6.08. The second-order valence-corrected chi connectivity index (χ2v) is 6.16. The molecule has 0 N–H and O–H groups in total. The van der Waals surface area contributed by atoms with Crippen LogP contribution in [0.25, 0.3) is 0 Å². The molecule has 23 heavy (non-hydrogen) atoms. The predicted octanol–water partition coefficient (Wildman–Crippen LogP) is 7.10. The van der Waals surface area contributed by atoms with Crippen molar-refractivity contribution in [3.63, 3.8) is 0 Å². The van der Waals surface area contributed by atoms with Crippen molar-refractivity contribution < 1.29 is 0 Å². The Morgan fingerprint density at radius 1 is 0.739 bits per heavy atom. The van der Waals surface area contributed by atoms with Gasteiger partial charge in [-0.15, -0.1) is 0 Å². The van der Waals surface area contributed by atoms with Gasteiger partial charge in [0.05, 0.1) is 5.69 Å². The molecule has 0 aliphatic carbocycles. The fraction of sp³-hybridized carbons (Fsp3) is 0.409. The molecule has 0 saturated carbocycles. The van der Waals surface area contributed by atoms with E-state index in [4.69, 9.17) is 4.99 Å². The molecule has 0 amide bonds. The van der Waals surface area contributed by atoms with Crippen LogP contribution in [0.15, 0.2) is 53.5 Å². The molecule has 0 saturated heterocycles. The number of benzene rings is 2. The standard InChI is InChI=1S/C20H25N.C2H6/c1-14(2)18-12-9-13-19(15(3)4)20(18)21-16(5)17-10-7-6-8-11-17;1-2/h6-15H,1-5H3;1-2H3. The number of nitrogens with zero attached hydrogens (tertiary/aromatic N) is 1. The predicted molar refractivity (Wildman–Crippen MR) is 104 cm³/mol. The van der Waals surface area contributed by atoms with Crippen LogP contribution in [-0.2, 0) is 0 Å². The van der Waals surface area contributed by atoms with Crippen molar-refractivity contribution in [3.8, 4) is 0 Å². The van der Waals surface area contributed by atoms with Crippen LogP contribution in [0, 0.1) is 0 Å². The molecule has 0 aliphatic rings. The normalized spacial score (nSPS) is 11.4. The quantitative estimate of drug-likeness (QED) is 0.534. The Hall–Kier alpha value is -1.89. The lowest BCUT2D eigenvalue weighted by atomic mass is 9.93. The monoisotopic (exact) mass is 309 g/mol. The fourth-order valence-electron chi connectivity index (χ4n) is 2.55. The van der Waals surface area contributed by atoms with Crippen LogP contribution >= 0.6 is 0 Å². The lowest BCUT2D eigenvalue weighted by molar-refractivity contribution is 0.834. The number of hydrogen-bond acceptors (Lipinski definition) is 1. The SMILES string of the molecule is CC.CC(=Nc1c(C(C)C)cccc1C(C)C)c1ccccc1. The molecular weight excluding hydrogens is 278 g/mol. The molecule has 0 aliphatic heterocycles. The maximum atomic E-state index is 4.99. The molecule has 2 aromatic rings. The molecule has 0 unspecified atom stereocenters. The van der Waals surface area contributed by atoms with Crippen LogP contribution in [-0.4, -0.2) is 5.71 Å². The first-order valence-corrected chi connectivity index (χ1v) is 8.74. The van der Waals surface area contributed by atoms with Gasteiger partial charge in [-0.3, -0.25) is 4.99 Å². The summed E-state index contributed by atoms with van der Waals surface area (Å²) in [4.78, 5) is 4.99. The van der Waals surface area contributed by atoms with Crippen molar-refractivity contribution >= 4 is 11.4 Å². The zero-order valence-corrected chi connectivity index (χ0v) is 15.7. The minimum atomic E-state index is 0.478. The van der Waals surface area contributed by atoms with E-state index in [0.29, 0.717) is 11.8 Å². The van der Waals surface area contributed by atoms with Crippen molar-refractivity contribution in [1.29, 1.82) is 0 Å². The summed E-state index contributed by atoms with van der Waals surface area (Å²) >= 11 is 0. The van der Waals surface area contributed by atoms with Gasteiger partial charge in [-0.05, 0) is 35.4 Å². The molecule has 0 atom stereocenters. The van der Waals surface area contributed by atoms with Gasteiger partial charge in [0.15, 0.2) is 0 Å². The first kappa shape index (κ1) is 19.2. The van der Waals surface area contributed by atoms with Crippen molar-refractivity contribution in [2.75, 3.05) is 0 Å². The van der Waals surface area contributed by atoms with Crippen molar-refractivity contribution in [2.45, 2.75) is 60.3 Å². The Labute approximate surface area is 142 Å². The molecule has 2 aromatic carbocycles. The Kier molecular flexibility index (Phi) is 7.74. The number of para-hydroxylation sites is 1. The van der Waals surface area contributed by atoms with Crippen LogP contribution in [0.3, 0.4) is 0 Å². The van der Waals surface area contributed by atoms with E-state index in [-0.39, 0.29) is 0 Å².